The molecular weight excluding hydrogens is 254 g/mol. The Balaban J connectivity index is 2.45. The molecular formula is C11H23N3O3S. The van der Waals surface area contributed by atoms with Crippen molar-refractivity contribution in [3.8, 4) is 0 Å². The van der Waals surface area contributed by atoms with Crippen LogP contribution in [0.3, 0.4) is 0 Å². The maximum Gasteiger partial charge on any atom is 0.237 e. The highest BCUT2D eigenvalue weighted by Gasteiger charge is 2.36. The van der Waals surface area contributed by atoms with Crippen LogP contribution in [-0.4, -0.2) is 46.3 Å². The fourth-order valence-corrected chi connectivity index (χ4v) is 2.75. The first-order valence-corrected chi connectivity index (χ1v) is 7.86. The number of nitrogens with one attached hydrogen (secondary N) is 3. The molecule has 1 rings (SSSR count). The van der Waals surface area contributed by atoms with Gasteiger partial charge in [-0.15, -0.1) is 0 Å². The molecule has 0 radical (unpaired) electrons. The van der Waals surface area contributed by atoms with Gasteiger partial charge in [0, 0.05) is 6.54 Å². The number of hydrogen-bond acceptors (Lipinski definition) is 4. The van der Waals surface area contributed by atoms with E-state index in [0.29, 0.717) is 0 Å². The monoisotopic (exact) mass is 277 g/mol. The second-order valence-corrected chi connectivity index (χ2v) is 7.34. The largest absolute Gasteiger partial charge is 0.354 e. The van der Waals surface area contributed by atoms with Gasteiger partial charge in [-0.3, -0.25) is 4.79 Å². The lowest BCUT2D eigenvalue weighted by Gasteiger charge is -2.38. The quantitative estimate of drug-likeness (QED) is 0.628. The lowest BCUT2D eigenvalue weighted by atomic mass is 9.77. The van der Waals surface area contributed by atoms with Crippen LogP contribution in [0.25, 0.3) is 0 Å². The molecule has 0 spiro atoms. The normalized spacial score (nSPS) is 23.6. The number of piperidine rings is 1. The van der Waals surface area contributed by atoms with E-state index in [2.05, 4.69) is 15.4 Å². The van der Waals surface area contributed by atoms with Crippen molar-refractivity contribution in [3.05, 3.63) is 0 Å². The summed E-state index contributed by atoms with van der Waals surface area (Å²) in [6.07, 6.45) is 2.05. The first kappa shape index (κ1) is 15.4. The van der Waals surface area contributed by atoms with Crippen molar-refractivity contribution < 1.29 is 13.2 Å². The third-order valence-electron chi connectivity index (χ3n) is 3.37. The van der Waals surface area contributed by atoms with Crippen LogP contribution < -0.4 is 15.4 Å². The van der Waals surface area contributed by atoms with Crippen molar-refractivity contribution in [3.63, 3.8) is 0 Å². The smallest absolute Gasteiger partial charge is 0.237 e. The van der Waals surface area contributed by atoms with Gasteiger partial charge in [0.1, 0.15) is 0 Å². The van der Waals surface area contributed by atoms with Crippen molar-refractivity contribution >= 4 is 15.9 Å². The van der Waals surface area contributed by atoms with E-state index in [4.69, 9.17) is 0 Å². The molecule has 1 aliphatic rings. The molecule has 0 aliphatic carbocycles. The van der Waals surface area contributed by atoms with Gasteiger partial charge in [0.25, 0.3) is 0 Å². The van der Waals surface area contributed by atoms with Gasteiger partial charge in [-0.1, -0.05) is 13.8 Å². The van der Waals surface area contributed by atoms with Crippen molar-refractivity contribution in [2.75, 3.05) is 25.9 Å². The van der Waals surface area contributed by atoms with Gasteiger partial charge < -0.3 is 10.6 Å². The standard InChI is InChI=1S/C11H23N3O3S/c1-11(2)5-4-6-13-9(11)10(15)14-7-8-18(16,17)12-3/h9,12-13H,4-8H2,1-3H3,(H,14,15). The highest BCUT2D eigenvalue weighted by molar-refractivity contribution is 7.89. The van der Waals surface area contributed by atoms with Crippen LogP contribution in [0.5, 0.6) is 0 Å². The number of carbonyl (C=O) groups is 1. The van der Waals surface area contributed by atoms with Gasteiger partial charge in [-0.2, -0.15) is 0 Å². The van der Waals surface area contributed by atoms with Crippen molar-refractivity contribution in [2.24, 2.45) is 5.41 Å². The number of rotatable bonds is 5. The molecule has 18 heavy (non-hydrogen) atoms. The van der Waals surface area contributed by atoms with Crippen LogP contribution in [0.2, 0.25) is 0 Å². The van der Waals surface area contributed by atoms with Crippen molar-refractivity contribution in [1.82, 2.24) is 15.4 Å². The van der Waals surface area contributed by atoms with Gasteiger partial charge in [0.15, 0.2) is 0 Å². The fraction of sp³-hybridized carbons (Fsp3) is 0.909. The molecule has 6 nitrogen and oxygen atoms in total. The molecule has 0 bridgehead atoms. The zero-order valence-corrected chi connectivity index (χ0v) is 12.1. The summed E-state index contributed by atoms with van der Waals surface area (Å²) >= 11 is 0. The molecule has 1 unspecified atom stereocenters. The van der Waals surface area contributed by atoms with E-state index in [-0.39, 0.29) is 29.7 Å². The highest BCUT2D eigenvalue weighted by Crippen LogP contribution is 2.29. The summed E-state index contributed by atoms with van der Waals surface area (Å²) in [5, 5.41) is 5.87. The summed E-state index contributed by atoms with van der Waals surface area (Å²) in [6, 6.07) is -0.247. The summed E-state index contributed by atoms with van der Waals surface area (Å²) in [6.45, 7) is 5.06. The van der Waals surface area contributed by atoms with Crippen LogP contribution in [0.1, 0.15) is 26.7 Å². The topological polar surface area (TPSA) is 87.3 Å². The predicted molar refractivity (Wildman–Crippen MR) is 70.7 cm³/mol. The van der Waals surface area contributed by atoms with Crippen LogP contribution >= 0.6 is 0 Å². The molecule has 106 valence electrons. The van der Waals surface area contributed by atoms with E-state index in [1.54, 1.807) is 0 Å². The molecule has 0 aromatic carbocycles. The molecule has 1 saturated heterocycles. The molecule has 1 fully saturated rings. The lowest BCUT2D eigenvalue weighted by molar-refractivity contribution is -0.126. The second-order valence-electron chi connectivity index (χ2n) is 5.29. The van der Waals surface area contributed by atoms with Gasteiger partial charge in [-0.05, 0) is 31.8 Å². The van der Waals surface area contributed by atoms with E-state index < -0.39 is 10.0 Å². The molecule has 0 aromatic rings. The lowest BCUT2D eigenvalue weighted by Crippen LogP contribution is -2.56. The Bertz CT molecular complexity index is 392. The minimum Gasteiger partial charge on any atom is -0.354 e. The van der Waals surface area contributed by atoms with Crippen LogP contribution in [0, 0.1) is 5.41 Å². The van der Waals surface area contributed by atoms with Gasteiger partial charge in [-0.25, -0.2) is 13.1 Å². The van der Waals surface area contributed by atoms with Crippen molar-refractivity contribution in [2.45, 2.75) is 32.7 Å². The van der Waals surface area contributed by atoms with E-state index >= 15 is 0 Å². The Morgan fingerprint density at radius 2 is 2.11 bits per heavy atom. The van der Waals surface area contributed by atoms with Crippen molar-refractivity contribution in [1.29, 1.82) is 0 Å². The fourth-order valence-electron chi connectivity index (χ4n) is 2.17. The summed E-state index contributed by atoms with van der Waals surface area (Å²) in [4.78, 5) is 12.0. The Morgan fingerprint density at radius 1 is 1.44 bits per heavy atom. The minimum absolute atomic E-state index is 0.0930. The first-order chi connectivity index (χ1) is 8.28. The van der Waals surface area contributed by atoms with Crippen LogP contribution in [0.4, 0.5) is 0 Å². The maximum absolute atomic E-state index is 12.0. The van der Waals surface area contributed by atoms with Crippen LogP contribution in [0.15, 0.2) is 0 Å². The van der Waals surface area contributed by atoms with Gasteiger partial charge in [0.05, 0.1) is 11.8 Å². The highest BCUT2D eigenvalue weighted by atomic mass is 32.2. The third-order valence-corrected chi connectivity index (χ3v) is 4.73. The Hall–Kier alpha value is -0.660. The SMILES string of the molecule is CNS(=O)(=O)CCNC(=O)C1NCCCC1(C)C. The predicted octanol–water partition coefficient (Wildman–Crippen LogP) is -0.570. The Labute approximate surface area is 109 Å². The van der Waals surface area contributed by atoms with E-state index in [0.717, 1.165) is 19.4 Å². The van der Waals surface area contributed by atoms with Crippen LogP contribution in [-0.2, 0) is 14.8 Å². The molecule has 1 atom stereocenters. The molecule has 1 aliphatic heterocycles. The Kier molecular flexibility index (Phi) is 5.12. The molecule has 0 saturated carbocycles. The van der Waals surface area contributed by atoms with Gasteiger partial charge in [0.2, 0.25) is 15.9 Å². The average Bonchev–Trinajstić information content (AvgIpc) is 2.28. The van der Waals surface area contributed by atoms with E-state index in [1.165, 1.54) is 7.05 Å². The second kappa shape index (κ2) is 5.99. The average molecular weight is 277 g/mol. The third kappa shape index (κ3) is 4.22. The first-order valence-electron chi connectivity index (χ1n) is 6.21. The summed E-state index contributed by atoms with van der Waals surface area (Å²) < 4.78 is 24.6. The summed E-state index contributed by atoms with van der Waals surface area (Å²) in [5.74, 6) is -0.214. The zero-order valence-electron chi connectivity index (χ0n) is 11.2. The summed E-state index contributed by atoms with van der Waals surface area (Å²) in [7, 11) is -1.90. The van der Waals surface area contributed by atoms with E-state index in [1.807, 2.05) is 13.8 Å². The number of amides is 1. The molecule has 7 heteroatoms. The molecule has 0 aromatic heterocycles. The molecule has 1 heterocycles. The zero-order chi connectivity index (χ0) is 13.8. The van der Waals surface area contributed by atoms with Gasteiger partial charge >= 0.3 is 0 Å². The molecule has 3 N–H and O–H groups in total. The molecule has 1 amide bonds. The van der Waals surface area contributed by atoms with E-state index in [9.17, 15) is 13.2 Å². The minimum atomic E-state index is -3.26. The number of hydrogen-bond donors (Lipinski definition) is 3. The summed E-state index contributed by atoms with van der Waals surface area (Å²) in [5.41, 5.74) is -0.0930. The Morgan fingerprint density at radius 3 is 2.67 bits per heavy atom. The number of sulfonamides is 1. The maximum atomic E-state index is 12.0. The number of carbonyl (C=O) groups excluding carboxylic acids is 1.